The molecule has 0 saturated heterocycles. The number of ether oxygens (including phenoxy) is 3. The molecule has 0 aliphatic carbocycles. The van der Waals surface area contributed by atoms with Gasteiger partial charge in [-0.2, -0.15) is 8.78 Å². The average Bonchev–Trinajstić information content (AvgIpc) is 2.68. The molecule has 160 valence electrons. The molecule has 6 nitrogen and oxygen atoms in total. The van der Waals surface area contributed by atoms with Crippen molar-refractivity contribution >= 4 is 9.84 Å². The van der Waals surface area contributed by atoms with Crippen molar-refractivity contribution in [3.8, 4) is 17.2 Å². The summed E-state index contributed by atoms with van der Waals surface area (Å²) in [5, 5.41) is 0. The molecular weight excluding hydrogens is 404 g/mol. The average molecular weight is 429 g/mol. The number of nitrogens with zero attached hydrogens (tertiary/aromatic N) is 1. The van der Waals surface area contributed by atoms with Crippen LogP contribution in [0, 0.1) is 0 Å². The lowest BCUT2D eigenvalue weighted by Crippen LogP contribution is -2.25. The summed E-state index contributed by atoms with van der Waals surface area (Å²) in [4.78, 5) is 2.04. The Bertz CT molecular complexity index is 905. The van der Waals surface area contributed by atoms with Crippen LogP contribution in [-0.4, -0.2) is 53.0 Å². The van der Waals surface area contributed by atoms with Gasteiger partial charge >= 0.3 is 6.61 Å². The van der Waals surface area contributed by atoms with E-state index in [1.54, 1.807) is 38.2 Å². The zero-order valence-electron chi connectivity index (χ0n) is 16.6. The van der Waals surface area contributed by atoms with E-state index in [1.165, 1.54) is 25.3 Å². The van der Waals surface area contributed by atoms with Gasteiger partial charge in [0.05, 0.1) is 24.4 Å². The van der Waals surface area contributed by atoms with Gasteiger partial charge in [0.25, 0.3) is 0 Å². The number of benzene rings is 2. The van der Waals surface area contributed by atoms with Crippen molar-refractivity contribution < 1.29 is 31.4 Å². The van der Waals surface area contributed by atoms with E-state index in [4.69, 9.17) is 9.47 Å². The fourth-order valence-corrected chi connectivity index (χ4v) is 4.06. The number of rotatable bonds is 11. The molecule has 0 aliphatic rings. The first-order chi connectivity index (χ1) is 13.7. The SMILES string of the molecule is CCOc1cc(CN(C)CCS(=O)(=O)c2cccc(OC)c2)ccc1OC(F)F. The van der Waals surface area contributed by atoms with Gasteiger partial charge in [0.15, 0.2) is 21.3 Å². The topological polar surface area (TPSA) is 65.1 Å². The summed E-state index contributed by atoms with van der Waals surface area (Å²) in [5.41, 5.74) is 0.788. The van der Waals surface area contributed by atoms with E-state index in [0.717, 1.165) is 5.56 Å². The summed E-state index contributed by atoms with van der Waals surface area (Å²) in [6, 6.07) is 11.0. The fourth-order valence-electron chi connectivity index (χ4n) is 2.69. The van der Waals surface area contributed by atoms with E-state index in [1.807, 2.05) is 4.90 Å². The number of methoxy groups -OCH3 is 1. The summed E-state index contributed by atoms with van der Waals surface area (Å²) < 4.78 is 65.0. The van der Waals surface area contributed by atoms with Crippen LogP contribution in [-0.2, 0) is 16.4 Å². The van der Waals surface area contributed by atoms with E-state index in [0.29, 0.717) is 25.4 Å². The monoisotopic (exact) mass is 429 g/mol. The number of halogens is 2. The molecule has 0 bridgehead atoms. The molecule has 0 atom stereocenters. The molecule has 0 spiro atoms. The molecule has 9 heteroatoms. The van der Waals surface area contributed by atoms with Crippen molar-refractivity contribution in [2.45, 2.75) is 25.0 Å². The second-order valence-electron chi connectivity index (χ2n) is 6.33. The highest BCUT2D eigenvalue weighted by Gasteiger charge is 2.17. The second kappa shape index (κ2) is 10.4. The van der Waals surface area contributed by atoms with Gasteiger partial charge in [-0.3, -0.25) is 0 Å². The third-order valence-electron chi connectivity index (χ3n) is 4.12. The molecule has 2 rings (SSSR count). The Hall–Kier alpha value is -2.39. The highest BCUT2D eigenvalue weighted by molar-refractivity contribution is 7.91. The van der Waals surface area contributed by atoms with Crippen LogP contribution < -0.4 is 14.2 Å². The Balaban J connectivity index is 2.02. The Labute approximate surface area is 169 Å². The van der Waals surface area contributed by atoms with Crippen molar-refractivity contribution in [2.75, 3.05) is 33.1 Å². The van der Waals surface area contributed by atoms with E-state index in [-0.39, 0.29) is 22.1 Å². The largest absolute Gasteiger partial charge is 0.497 e. The molecule has 2 aromatic carbocycles. The fraction of sp³-hybridized carbons (Fsp3) is 0.400. The highest BCUT2D eigenvalue weighted by atomic mass is 32.2. The van der Waals surface area contributed by atoms with Crippen LogP contribution in [0.15, 0.2) is 47.4 Å². The van der Waals surface area contributed by atoms with Gasteiger partial charge < -0.3 is 19.1 Å². The number of hydrogen-bond acceptors (Lipinski definition) is 6. The lowest BCUT2D eigenvalue weighted by molar-refractivity contribution is -0.0514. The quantitative estimate of drug-likeness (QED) is 0.544. The smallest absolute Gasteiger partial charge is 0.387 e. The van der Waals surface area contributed by atoms with Crippen LogP contribution in [0.4, 0.5) is 8.78 Å². The molecule has 0 heterocycles. The second-order valence-corrected chi connectivity index (χ2v) is 8.44. The maximum atomic E-state index is 12.6. The lowest BCUT2D eigenvalue weighted by Gasteiger charge is -2.18. The number of hydrogen-bond donors (Lipinski definition) is 0. The summed E-state index contributed by atoms with van der Waals surface area (Å²) in [5.74, 6) is 0.604. The Morgan fingerprint density at radius 3 is 2.52 bits per heavy atom. The van der Waals surface area contributed by atoms with Crippen molar-refractivity contribution in [3.05, 3.63) is 48.0 Å². The van der Waals surface area contributed by atoms with Gasteiger partial charge in [0.2, 0.25) is 0 Å². The maximum absolute atomic E-state index is 12.6. The normalized spacial score (nSPS) is 11.7. The van der Waals surface area contributed by atoms with Crippen LogP contribution in [0.25, 0.3) is 0 Å². The van der Waals surface area contributed by atoms with Gasteiger partial charge in [0.1, 0.15) is 5.75 Å². The van der Waals surface area contributed by atoms with Crippen molar-refractivity contribution in [3.63, 3.8) is 0 Å². The van der Waals surface area contributed by atoms with Gasteiger partial charge in [-0.25, -0.2) is 8.42 Å². The molecule has 2 aromatic rings. The van der Waals surface area contributed by atoms with Crippen molar-refractivity contribution in [1.82, 2.24) is 4.90 Å². The first kappa shape index (κ1) is 22.9. The minimum atomic E-state index is -3.47. The molecule has 0 saturated carbocycles. The zero-order valence-corrected chi connectivity index (χ0v) is 17.4. The summed E-state index contributed by atoms with van der Waals surface area (Å²) in [7, 11) is -0.204. The molecule has 0 aromatic heterocycles. The van der Waals surface area contributed by atoms with Crippen LogP contribution >= 0.6 is 0 Å². The molecule has 0 fully saturated rings. The minimum absolute atomic E-state index is 0.0335. The summed E-state index contributed by atoms with van der Waals surface area (Å²) >= 11 is 0. The van der Waals surface area contributed by atoms with Crippen LogP contribution in [0.5, 0.6) is 17.2 Å². The van der Waals surface area contributed by atoms with E-state index < -0.39 is 16.4 Å². The number of sulfone groups is 1. The highest BCUT2D eigenvalue weighted by Crippen LogP contribution is 2.30. The summed E-state index contributed by atoms with van der Waals surface area (Å²) in [6.07, 6.45) is 0. The Kier molecular flexibility index (Phi) is 8.21. The van der Waals surface area contributed by atoms with Gasteiger partial charge in [-0.15, -0.1) is 0 Å². The van der Waals surface area contributed by atoms with Gasteiger partial charge in [-0.1, -0.05) is 12.1 Å². The minimum Gasteiger partial charge on any atom is -0.497 e. The first-order valence-corrected chi connectivity index (χ1v) is 10.7. The third-order valence-corrected chi connectivity index (χ3v) is 5.81. The standard InChI is InChI=1S/C20H25F2NO5S/c1-4-27-19-12-15(8-9-18(19)28-20(21)22)14-23(2)10-11-29(24,25)17-7-5-6-16(13-17)26-3/h5-9,12-13,20H,4,10-11,14H2,1-3H3. The molecule has 0 aliphatic heterocycles. The van der Waals surface area contributed by atoms with Crippen LogP contribution in [0.3, 0.4) is 0 Å². The molecule has 0 amide bonds. The summed E-state index contributed by atoms with van der Waals surface area (Å²) in [6.45, 7) is -0.183. The predicted molar refractivity (Wildman–Crippen MR) is 106 cm³/mol. The molecule has 0 radical (unpaired) electrons. The maximum Gasteiger partial charge on any atom is 0.387 e. The van der Waals surface area contributed by atoms with E-state index in [9.17, 15) is 17.2 Å². The van der Waals surface area contributed by atoms with E-state index >= 15 is 0 Å². The molecule has 0 N–H and O–H groups in total. The molecular formula is C20H25F2NO5S. The van der Waals surface area contributed by atoms with Crippen molar-refractivity contribution in [2.24, 2.45) is 0 Å². The predicted octanol–water partition coefficient (Wildman–Crippen LogP) is 3.60. The Morgan fingerprint density at radius 1 is 1.10 bits per heavy atom. The Morgan fingerprint density at radius 2 is 1.86 bits per heavy atom. The third kappa shape index (κ3) is 6.86. The first-order valence-electron chi connectivity index (χ1n) is 9.01. The van der Waals surface area contributed by atoms with Crippen LogP contribution in [0.2, 0.25) is 0 Å². The van der Waals surface area contributed by atoms with Crippen LogP contribution in [0.1, 0.15) is 12.5 Å². The lowest BCUT2D eigenvalue weighted by atomic mass is 10.2. The van der Waals surface area contributed by atoms with Crippen molar-refractivity contribution in [1.29, 1.82) is 0 Å². The van der Waals surface area contributed by atoms with Gasteiger partial charge in [-0.05, 0) is 49.9 Å². The number of alkyl halides is 2. The van der Waals surface area contributed by atoms with E-state index in [2.05, 4.69) is 4.74 Å². The van der Waals surface area contributed by atoms with Gasteiger partial charge in [0, 0.05) is 13.1 Å². The zero-order chi connectivity index (χ0) is 21.4. The molecule has 0 unspecified atom stereocenters. The molecule has 29 heavy (non-hydrogen) atoms.